The lowest BCUT2D eigenvalue weighted by Gasteiger charge is -2.21. The maximum atomic E-state index is 11.7. The zero-order valence-electron chi connectivity index (χ0n) is 6.54. The van der Waals surface area contributed by atoms with Crippen molar-refractivity contribution < 1.29 is 26.3 Å². The molecule has 0 bridgehead atoms. The molecule has 0 aromatic carbocycles. The van der Waals surface area contributed by atoms with Crippen LogP contribution in [0.25, 0.3) is 0 Å². The standard InChI is InChI=1S/C5H6F6N2.ClH/c6-4(7,8)2(1-3(12)13)5(9,10)11;/h2H,1H2,(H3,12,13);1H. The maximum Gasteiger partial charge on any atom is 0.400 e. The molecular weight excluding hydrogens is 238 g/mol. The summed E-state index contributed by atoms with van der Waals surface area (Å²) in [7, 11) is 0. The summed E-state index contributed by atoms with van der Waals surface area (Å²) in [4.78, 5) is 0. The first-order chi connectivity index (χ1) is 5.55. The van der Waals surface area contributed by atoms with Crippen LogP contribution in [0, 0.1) is 11.3 Å². The Morgan fingerprint density at radius 2 is 1.36 bits per heavy atom. The minimum Gasteiger partial charge on any atom is -0.388 e. The predicted molar refractivity (Wildman–Crippen MR) is 39.4 cm³/mol. The minimum absolute atomic E-state index is 0. The van der Waals surface area contributed by atoms with Gasteiger partial charge in [-0.3, -0.25) is 5.41 Å². The Balaban J connectivity index is 0. The molecule has 0 aromatic rings. The Hall–Kier alpha value is -0.660. The van der Waals surface area contributed by atoms with E-state index in [1.807, 2.05) is 0 Å². The molecule has 0 radical (unpaired) electrons. The number of hydrogen-bond acceptors (Lipinski definition) is 1. The molecule has 86 valence electrons. The zero-order chi connectivity index (χ0) is 10.9. The van der Waals surface area contributed by atoms with Crippen molar-refractivity contribution in [2.75, 3.05) is 0 Å². The first-order valence-corrected chi connectivity index (χ1v) is 3.01. The highest BCUT2D eigenvalue weighted by atomic mass is 35.5. The van der Waals surface area contributed by atoms with Crippen molar-refractivity contribution >= 4 is 18.2 Å². The number of nitrogens with two attached hydrogens (primary N) is 1. The number of amidine groups is 1. The van der Waals surface area contributed by atoms with E-state index < -0.39 is 30.5 Å². The number of nitrogens with one attached hydrogen (secondary N) is 1. The highest BCUT2D eigenvalue weighted by molar-refractivity contribution is 5.85. The van der Waals surface area contributed by atoms with Crippen molar-refractivity contribution in [1.82, 2.24) is 0 Å². The van der Waals surface area contributed by atoms with Gasteiger partial charge in [0.05, 0.1) is 5.84 Å². The van der Waals surface area contributed by atoms with Gasteiger partial charge in [-0.2, -0.15) is 26.3 Å². The average molecular weight is 245 g/mol. The van der Waals surface area contributed by atoms with Gasteiger partial charge in [0.15, 0.2) is 5.92 Å². The Morgan fingerprint density at radius 3 is 1.43 bits per heavy atom. The van der Waals surface area contributed by atoms with Gasteiger partial charge in [0.2, 0.25) is 0 Å². The van der Waals surface area contributed by atoms with E-state index in [-0.39, 0.29) is 12.4 Å². The Bertz CT molecular complexity index is 183. The van der Waals surface area contributed by atoms with Gasteiger partial charge in [0, 0.05) is 6.42 Å². The summed E-state index contributed by atoms with van der Waals surface area (Å²) in [5.74, 6) is -4.68. The molecule has 0 amide bonds. The van der Waals surface area contributed by atoms with Crippen LogP contribution in [0.2, 0.25) is 0 Å². The maximum absolute atomic E-state index is 11.7. The molecule has 0 fully saturated rings. The van der Waals surface area contributed by atoms with Crippen LogP contribution in [0.5, 0.6) is 0 Å². The van der Waals surface area contributed by atoms with E-state index in [0.29, 0.717) is 0 Å². The van der Waals surface area contributed by atoms with Crippen LogP contribution in [0.4, 0.5) is 26.3 Å². The fourth-order valence-electron chi connectivity index (χ4n) is 0.637. The summed E-state index contributed by atoms with van der Waals surface area (Å²) >= 11 is 0. The zero-order valence-corrected chi connectivity index (χ0v) is 7.35. The van der Waals surface area contributed by atoms with Crippen LogP contribution >= 0.6 is 12.4 Å². The number of rotatable bonds is 2. The summed E-state index contributed by atoms with van der Waals surface area (Å²) in [6.07, 6.45) is -12.4. The van der Waals surface area contributed by atoms with Crippen LogP contribution in [-0.2, 0) is 0 Å². The second-order valence-electron chi connectivity index (χ2n) is 2.37. The molecule has 0 atom stereocenters. The second kappa shape index (κ2) is 4.72. The van der Waals surface area contributed by atoms with E-state index in [1.165, 1.54) is 0 Å². The third-order valence-corrected chi connectivity index (χ3v) is 1.21. The van der Waals surface area contributed by atoms with E-state index in [0.717, 1.165) is 0 Å². The van der Waals surface area contributed by atoms with Gasteiger partial charge in [-0.25, -0.2) is 0 Å². The molecule has 0 spiro atoms. The van der Waals surface area contributed by atoms with Crippen molar-refractivity contribution in [3.05, 3.63) is 0 Å². The molecule has 9 heteroatoms. The molecule has 0 saturated carbocycles. The van der Waals surface area contributed by atoms with Crippen molar-refractivity contribution in [3.63, 3.8) is 0 Å². The third-order valence-electron chi connectivity index (χ3n) is 1.21. The lowest BCUT2D eigenvalue weighted by atomic mass is 10.0. The first-order valence-electron chi connectivity index (χ1n) is 3.01. The van der Waals surface area contributed by atoms with Crippen molar-refractivity contribution in [3.8, 4) is 0 Å². The Morgan fingerprint density at radius 1 is 1.07 bits per heavy atom. The Labute approximate surface area is 81.4 Å². The second-order valence-corrected chi connectivity index (χ2v) is 2.37. The molecule has 3 N–H and O–H groups in total. The van der Waals surface area contributed by atoms with Gasteiger partial charge in [-0.15, -0.1) is 12.4 Å². The molecule has 14 heavy (non-hydrogen) atoms. The van der Waals surface area contributed by atoms with E-state index >= 15 is 0 Å². The van der Waals surface area contributed by atoms with Gasteiger partial charge in [-0.1, -0.05) is 0 Å². The fraction of sp³-hybridized carbons (Fsp3) is 0.800. The molecule has 0 saturated heterocycles. The van der Waals surface area contributed by atoms with Gasteiger partial charge in [0.25, 0.3) is 0 Å². The van der Waals surface area contributed by atoms with Gasteiger partial charge in [0.1, 0.15) is 0 Å². The Kier molecular flexibility index (Phi) is 5.32. The molecule has 0 aliphatic rings. The predicted octanol–water partition coefficient (Wildman–Crippen LogP) is 2.48. The van der Waals surface area contributed by atoms with Gasteiger partial charge < -0.3 is 5.73 Å². The highest BCUT2D eigenvalue weighted by Gasteiger charge is 2.56. The highest BCUT2D eigenvalue weighted by Crippen LogP contribution is 2.40. The SMILES string of the molecule is Cl.N=C(N)CC(C(F)(F)F)C(F)(F)F. The van der Waals surface area contributed by atoms with Crippen LogP contribution < -0.4 is 5.73 Å². The van der Waals surface area contributed by atoms with Crippen LogP contribution in [-0.4, -0.2) is 18.2 Å². The van der Waals surface area contributed by atoms with Crippen LogP contribution in [0.3, 0.4) is 0 Å². The lowest BCUT2D eigenvalue weighted by molar-refractivity contribution is -0.281. The average Bonchev–Trinajstić information content (AvgIpc) is 1.77. The molecular formula is C5H7ClF6N2. The number of hydrogen-bond donors (Lipinski definition) is 2. The summed E-state index contributed by atoms with van der Waals surface area (Å²) in [5.41, 5.74) is 4.47. The normalized spacial score (nSPS) is 12.5. The molecule has 2 nitrogen and oxygen atoms in total. The first kappa shape index (κ1) is 15.8. The summed E-state index contributed by atoms with van der Waals surface area (Å²) in [5, 5.41) is 6.36. The minimum atomic E-state index is -5.41. The van der Waals surface area contributed by atoms with E-state index in [2.05, 4.69) is 5.73 Å². The van der Waals surface area contributed by atoms with Crippen molar-refractivity contribution in [1.29, 1.82) is 5.41 Å². The number of alkyl halides is 6. The molecule has 0 aromatic heterocycles. The molecule has 0 rings (SSSR count). The number of halogens is 7. The van der Waals surface area contributed by atoms with Gasteiger partial charge in [-0.05, 0) is 0 Å². The van der Waals surface area contributed by atoms with E-state index in [9.17, 15) is 26.3 Å². The summed E-state index contributed by atoms with van der Waals surface area (Å²) in [6, 6.07) is 0. The smallest absolute Gasteiger partial charge is 0.388 e. The van der Waals surface area contributed by atoms with Gasteiger partial charge >= 0.3 is 12.4 Å². The van der Waals surface area contributed by atoms with E-state index in [1.54, 1.807) is 0 Å². The largest absolute Gasteiger partial charge is 0.400 e. The molecule has 0 aliphatic carbocycles. The molecule has 0 aliphatic heterocycles. The van der Waals surface area contributed by atoms with Crippen LogP contribution in [0.15, 0.2) is 0 Å². The topological polar surface area (TPSA) is 49.9 Å². The van der Waals surface area contributed by atoms with Crippen molar-refractivity contribution in [2.24, 2.45) is 11.7 Å². The summed E-state index contributed by atoms with van der Waals surface area (Å²) in [6.45, 7) is 0. The van der Waals surface area contributed by atoms with Crippen molar-refractivity contribution in [2.45, 2.75) is 18.8 Å². The van der Waals surface area contributed by atoms with E-state index in [4.69, 9.17) is 5.41 Å². The lowest BCUT2D eigenvalue weighted by Crippen LogP contribution is -2.39. The summed E-state index contributed by atoms with van der Waals surface area (Å²) < 4.78 is 70.2. The van der Waals surface area contributed by atoms with Crippen LogP contribution in [0.1, 0.15) is 6.42 Å². The fourth-order valence-corrected chi connectivity index (χ4v) is 0.637. The quantitative estimate of drug-likeness (QED) is 0.438. The molecule has 0 heterocycles. The molecule has 0 unspecified atom stereocenters. The third kappa shape index (κ3) is 5.15. The monoisotopic (exact) mass is 244 g/mol.